The molecule has 5 unspecified atom stereocenters. The summed E-state index contributed by atoms with van der Waals surface area (Å²) in [5, 5.41) is 26.5. The van der Waals surface area contributed by atoms with Gasteiger partial charge in [0.05, 0.1) is 6.10 Å². The van der Waals surface area contributed by atoms with Gasteiger partial charge in [-0.3, -0.25) is 14.4 Å². The Bertz CT molecular complexity index is 619. The second kappa shape index (κ2) is 15.8. The van der Waals surface area contributed by atoms with Crippen LogP contribution in [-0.4, -0.2) is 82.7 Å². The molecule has 0 aliphatic rings. The lowest BCUT2D eigenvalue weighted by Gasteiger charge is -2.27. The van der Waals surface area contributed by atoms with Gasteiger partial charge < -0.3 is 37.6 Å². The molecule has 0 aliphatic carbocycles. The van der Waals surface area contributed by atoms with Gasteiger partial charge >= 0.3 is 5.97 Å². The van der Waals surface area contributed by atoms with Crippen molar-refractivity contribution >= 4 is 35.5 Å². The Morgan fingerprint density at radius 1 is 0.906 bits per heavy atom. The number of aliphatic hydroxyl groups excluding tert-OH is 1. The van der Waals surface area contributed by atoms with E-state index < -0.39 is 54.0 Å². The average Bonchev–Trinajstić information content (AvgIpc) is 2.72. The number of carboxylic acid groups (broad SMARTS) is 1. The molecule has 0 rings (SSSR count). The monoisotopic (exact) mass is 477 g/mol. The van der Waals surface area contributed by atoms with Crippen LogP contribution in [0, 0.1) is 5.92 Å². The lowest BCUT2D eigenvalue weighted by atomic mass is 10.0. The molecule has 0 fully saturated rings. The van der Waals surface area contributed by atoms with Gasteiger partial charge in [0.2, 0.25) is 17.7 Å². The van der Waals surface area contributed by atoms with Crippen LogP contribution in [0.4, 0.5) is 0 Å². The SMILES string of the molecule is CSCCC(NC(=O)C(N)C(C)O)C(=O)NC(C(=O)NC(CCCCN)C(=O)O)C(C)C. The first kappa shape index (κ1) is 30.1. The standard InChI is InChI=1S/C20H39N5O6S/c1-11(2)16(19(29)24-14(20(30)31)7-5-6-9-21)25-17(27)13(8-10-32-4)23-18(28)15(22)12(3)26/h11-16,26H,5-10,21-22H2,1-4H3,(H,23,28)(H,24,29)(H,25,27)(H,30,31). The maximum absolute atomic E-state index is 12.9. The predicted molar refractivity (Wildman–Crippen MR) is 124 cm³/mol. The second-order valence-electron chi connectivity index (χ2n) is 8.02. The molecule has 0 bridgehead atoms. The molecule has 0 aromatic carbocycles. The van der Waals surface area contributed by atoms with Crippen molar-refractivity contribution < 1.29 is 29.4 Å². The number of rotatable bonds is 16. The third-order valence-corrected chi connectivity index (χ3v) is 5.52. The zero-order valence-corrected chi connectivity index (χ0v) is 20.1. The van der Waals surface area contributed by atoms with Gasteiger partial charge in [-0.1, -0.05) is 13.8 Å². The van der Waals surface area contributed by atoms with Crippen LogP contribution in [0.3, 0.4) is 0 Å². The molecule has 0 saturated carbocycles. The molecular weight excluding hydrogens is 438 g/mol. The summed E-state index contributed by atoms with van der Waals surface area (Å²) in [6, 6.07) is -4.26. The highest BCUT2D eigenvalue weighted by molar-refractivity contribution is 7.98. The minimum atomic E-state index is -1.20. The van der Waals surface area contributed by atoms with Crippen LogP contribution in [0.15, 0.2) is 0 Å². The van der Waals surface area contributed by atoms with Crippen molar-refractivity contribution in [2.45, 2.75) is 76.7 Å². The van der Waals surface area contributed by atoms with Crippen molar-refractivity contribution in [3.05, 3.63) is 0 Å². The molecule has 9 N–H and O–H groups in total. The number of nitrogens with two attached hydrogens (primary N) is 2. The smallest absolute Gasteiger partial charge is 0.326 e. The lowest BCUT2D eigenvalue weighted by molar-refractivity contribution is -0.143. The van der Waals surface area contributed by atoms with Crippen LogP contribution < -0.4 is 27.4 Å². The zero-order valence-electron chi connectivity index (χ0n) is 19.3. The summed E-state index contributed by atoms with van der Waals surface area (Å²) in [7, 11) is 0. The molecule has 11 nitrogen and oxygen atoms in total. The number of aliphatic hydroxyl groups is 1. The summed E-state index contributed by atoms with van der Waals surface area (Å²) in [6.45, 7) is 5.22. The van der Waals surface area contributed by atoms with E-state index in [4.69, 9.17) is 11.5 Å². The van der Waals surface area contributed by atoms with Crippen molar-refractivity contribution in [1.29, 1.82) is 0 Å². The Hall–Kier alpha value is -1.89. The van der Waals surface area contributed by atoms with Crippen LogP contribution in [0.25, 0.3) is 0 Å². The lowest BCUT2D eigenvalue weighted by Crippen LogP contribution is -2.59. The van der Waals surface area contributed by atoms with Crippen LogP contribution in [0.5, 0.6) is 0 Å². The Kier molecular flexibility index (Phi) is 14.9. The van der Waals surface area contributed by atoms with Crippen molar-refractivity contribution in [3.8, 4) is 0 Å². The van der Waals surface area contributed by atoms with E-state index in [2.05, 4.69) is 16.0 Å². The van der Waals surface area contributed by atoms with Crippen LogP contribution >= 0.6 is 11.8 Å². The molecule has 3 amide bonds. The van der Waals surface area contributed by atoms with E-state index in [9.17, 15) is 29.4 Å². The number of hydrogen-bond donors (Lipinski definition) is 7. The fraction of sp³-hybridized carbons (Fsp3) is 0.800. The number of carbonyl (C=O) groups excluding carboxylic acids is 3. The predicted octanol–water partition coefficient (Wildman–Crippen LogP) is -1.23. The van der Waals surface area contributed by atoms with Gasteiger partial charge in [-0.25, -0.2) is 4.79 Å². The Morgan fingerprint density at radius 3 is 1.97 bits per heavy atom. The molecule has 0 radical (unpaired) electrons. The number of carbonyl (C=O) groups is 4. The number of nitrogens with one attached hydrogen (secondary N) is 3. The molecular formula is C20H39N5O6S. The molecule has 32 heavy (non-hydrogen) atoms. The second-order valence-corrected chi connectivity index (χ2v) is 9.01. The van der Waals surface area contributed by atoms with E-state index in [1.165, 1.54) is 18.7 Å². The van der Waals surface area contributed by atoms with Gasteiger partial charge in [0, 0.05) is 0 Å². The molecule has 186 valence electrons. The van der Waals surface area contributed by atoms with E-state index in [0.29, 0.717) is 25.1 Å². The van der Waals surface area contributed by atoms with Gasteiger partial charge in [0.25, 0.3) is 0 Å². The highest BCUT2D eigenvalue weighted by Crippen LogP contribution is 2.08. The third kappa shape index (κ3) is 11.1. The normalized spacial score (nSPS) is 15.9. The van der Waals surface area contributed by atoms with Crippen molar-refractivity contribution in [3.63, 3.8) is 0 Å². The Morgan fingerprint density at radius 2 is 1.50 bits per heavy atom. The molecule has 5 atom stereocenters. The van der Waals surface area contributed by atoms with E-state index in [-0.39, 0.29) is 18.8 Å². The third-order valence-electron chi connectivity index (χ3n) is 4.87. The van der Waals surface area contributed by atoms with Crippen LogP contribution in [0.1, 0.15) is 46.5 Å². The first-order valence-corrected chi connectivity index (χ1v) is 12.1. The van der Waals surface area contributed by atoms with E-state index >= 15 is 0 Å². The summed E-state index contributed by atoms with van der Waals surface area (Å²) in [5.74, 6) is -2.84. The maximum Gasteiger partial charge on any atom is 0.326 e. The summed E-state index contributed by atoms with van der Waals surface area (Å²) in [6.07, 6.45) is 2.43. The highest BCUT2D eigenvalue weighted by Gasteiger charge is 2.32. The average molecular weight is 478 g/mol. The molecule has 0 aromatic heterocycles. The topological polar surface area (TPSA) is 197 Å². The van der Waals surface area contributed by atoms with Gasteiger partial charge in [-0.2, -0.15) is 11.8 Å². The van der Waals surface area contributed by atoms with Gasteiger partial charge in [-0.05, 0) is 57.1 Å². The Labute approximate surface area is 193 Å². The zero-order chi connectivity index (χ0) is 24.8. The fourth-order valence-electron chi connectivity index (χ4n) is 2.79. The van der Waals surface area contributed by atoms with E-state index in [1.807, 2.05) is 6.26 Å². The summed E-state index contributed by atoms with van der Waals surface area (Å²) in [4.78, 5) is 49.4. The van der Waals surface area contributed by atoms with Gasteiger partial charge in [0.1, 0.15) is 24.2 Å². The highest BCUT2D eigenvalue weighted by atomic mass is 32.2. The molecule has 0 aromatic rings. The van der Waals surface area contributed by atoms with Gasteiger partial charge in [0.15, 0.2) is 0 Å². The molecule has 0 aliphatic heterocycles. The van der Waals surface area contributed by atoms with Gasteiger partial charge in [-0.15, -0.1) is 0 Å². The van der Waals surface area contributed by atoms with Crippen LogP contribution in [0.2, 0.25) is 0 Å². The summed E-state index contributed by atoms with van der Waals surface area (Å²) < 4.78 is 0. The quantitative estimate of drug-likeness (QED) is 0.133. The van der Waals surface area contributed by atoms with Crippen molar-refractivity contribution in [2.24, 2.45) is 17.4 Å². The van der Waals surface area contributed by atoms with Crippen molar-refractivity contribution in [2.75, 3.05) is 18.6 Å². The summed E-state index contributed by atoms with van der Waals surface area (Å²) >= 11 is 1.48. The van der Waals surface area contributed by atoms with E-state index in [0.717, 1.165) is 0 Å². The number of aliphatic carboxylic acids is 1. The maximum atomic E-state index is 12.9. The first-order chi connectivity index (χ1) is 15.0. The van der Waals surface area contributed by atoms with Crippen LogP contribution in [-0.2, 0) is 19.2 Å². The Balaban J connectivity index is 5.32. The largest absolute Gasteiger partial charge is 0.480 e. The minimum absolute atomic E-state index is 0.223. The molecule has 12 heteroatoms. The number of thioether (sulfide) groups is 1. The first-order valence-electron chi connectivity index (χ1n) is 10.7. The molecule has 0 saturated heterocycles. The molecule has 0 spiro atoms. The number of carboxylic acids is 1. The van der Waals surface area contributed by atoms with E-state index in [1.54, 1.807) is 13.8 Å². The number of unbranched alkanes of at least 4 members (excludes halogenated alkanes) is 1. The number of hydrogen-bond acceptors (Lipinski definition) is 8. The molecule has 0 heterocycles. The number of amides is 3. The fourth-order valence-corrected chi connectivity index (χ4v) is 3.26. The summed E-state index contributed by atoms with van der Waals surface area (Å²) in [5.41, 5.74) is 11.1. The van der Waals surface area contributed by atoms with Crippen molar-refractivity contribution in [1.82, 2.24) is 16.0 Å². The minimum Gasteiger partial charge on any atom is -0.480 e.